The smallest absolute Gasteiger partial charge is 0.341 e. The summed E-state index contributed by atoms with van der Waals surface area (Å²) >= 11 is 1.52. The number of esters is 1. The van der Waals surface area contributed by atoms with Crippen molar-refractivity contribution in [2.45, 2.75) is 45.4 Å². The first kappa shape index (κ1) is 20.8. The zero-order chi connectivity index (χ0) is 21.1. The van der Waals surface area contributed by atoms with Gasteiger partial charge in [-0.1, -0.05) is 12.1 Å². The minimum Gasteiger partial charge on any atom is -0.462 e. The molecule has 1 N–H and O–H groups in total. The number of carbonyl (C=O) groups excluding carboxylic acids is 2. The van der Waals surface area contributed by atoms with Gasteiger partial charge in [0.1, 0.15) is 10.8 Å². The lowest BCUT2D eigenvalue weighted by Gasteiger charge is -2.33. The van der Waals surface area contributed by atoms with Crippen molar-refractivity contribution in [3.63, 3.8) is 0 Å². The van der Waals surface area contributed by atoms with Gasteiger partial charge in [0.05, 0.1) is 17.9 Å². The number of hydrogen-bond acceptors (Lipinski definition) is 5. The number of hydrogen-bond donors (Lipinski definition) is 1. The van der Waals surface area contributed by atoms with Gasteiger partial charge in [0.25, 0.3) is 0 Å². The highest BCUT2D eigenvalue weighted by molar-refractivity contribution is 7.17. The fourth-order valence-corrected chi connectivity index (χ4v) is 5.66. The van der Waals surface area contributed by atoms with Crippen LogP contribution in [0.5, 0.6) is 0 Å². The summed E-state index contributed by atoms with van der Waals surface area (Å²) in [5.41, 5.74) is 2.19. The molecule has 0 spiro atoms. The standard InChI is InChI=1S/C23H27FN2O3S/c1-2-29-23(28)20-16-7-3-6-10-19(16)30-22(20)25-21(27)15-11-13-26(14-12-15)18-9-5-4-8-17(18)24/h4-5,8-9,15H,2-3,6-7,10-14H2,1H3,(H,25,27). The molecule has 2 aliphatic rings. The van der Waals surface area contributed by atoms with Gasteiger partial charge in [-0.3, -0.25) is 4.79 Å². The lowest BCUT2D eigenvalue weighted by molar-refractivity contribution is -0.120. The van der Waals surface area contributed by atoms with E-state index < -0.39 is 0 Å². The van der Waals surface area contributed by atoms with E-state index in [1.807, 2.05) is 11.0 Å². The summed E-state index contributed by atoms with van der Waals surface area (Å²) in [6.07, 6.45) is 5.27. The molecule has 1 aliphatic carbocycles. The Balaban J connectivity index is 1.45. The molecule has 7 heteroatoms. The number of ether oxygens (including phenoxy) is 1. The fraction of sp³-hybridized carbons (Fsp3) is 0.478. The Hall–Kier alpha value is -2.41. The van der Waals surface area contributed by atoms with E-state index >= 15 is 0 Å². The lowest BCUT2D eigenvalue weighted by atomic mass is 9.94. The number of nitrogens with zero attached hydrogens (tertiary/aromatic N) is 1. The molecule has 160 valence electrons. The second-order valence-corrected chi connectivity index (χ2v) is 8.94. The van der Waals surface area contributed by atoms with Crippen LogP contribution in [-0.2, 0) is 22.4 Å². The number of benzene rings is 1. The molecule has 0 unspecified atom stereocenters. The molecule has 1 saturated heterocycles. The van der Waals surface area contributed by atoms with Crippen LogP contribution in [0.25, 0.3) is 0 Å². The Labute approximate surface area is 180 Å². The summed E-state index contributed by atoms with van der Waals surface area (Å²) < 4.78 is 19.3. The summed E-state index contributed by atoms with van der Waals surface area (Å²) in [5.74, 6) is -0.792. The van der Waals surface area contributed by atoms with Crippen molar-refractivity contribution >= 4 is 33.9 Å². The Kier molecular flexibility index (Phi) is 6.37. The molecule has 4 rings (SSSR count). The average Bonchev–Trinajstić information content (AvgIpc) is 3.12. The molecule has 5 nitrogen and oxygen atoms in total. The van der Waals surface area contributed by atoms with Gasteiger partial charge in [0.15, 0.2) is 0 Å². The third kappa shape index (κ3) is 4.21. The van der Waals surface area contributed by atoms with Crippen molar-refractivity contribution in [1.82, 2.24) is 0 Å². The SMILES string of the molecule is CCOC(=O)c1c(NC(=O)C2CCN(c3ccccc3F)CC2)sc2c1CCCC2. The maximum Gasteiger partial charge on any atom is 0.341 e. The molecular weight excluding hydrogens is 403 g/mol. The van der Waals surface area contributed by atoms with E-state index in [-0.39, 0.29) is 23.6 Å². The Morgan fingerprint density at radius 3 is 2.67 bits per heavy atom. The van der Waals surface area contributed by atoms with Crippen LogP contribution in [0, 0.1) is 11.7 Å². The number of halogens is 1. The highest BCUT2D eigenvalue weighted by atomic mass is 32.1. The van der Waals surface area contributed by atoms with Crippen LogP contribution in [0.15, 0.2) is 24.3 Å². The van der Waals surface area contributed by atoms with E-state index in [1.54, 1.807) is 19.1 Å². The molecule has 2 aromatic rings. The Morgan fingerprint density at radius 2 is 1.93 bits per heavy atom. The normalized spacial score (nSPS) is 16.8. The number of anilines is 2. The summed E-state index contributed by atoms with van der Waals surface area (Å²) in [6, 6.07) is 6.74. The zero-order valence-corrected chi connectivity index (χ0v) is 18.0. The summed E-state index contributed by atoms with van der Waals surface area (Å²) in [7, 11) is 0. The first-order chi connectivity index (χ1) is 14.6. The number of nitrogens with one attached hydrogen (secondary N) is 1. The van der Waals surface area contributed by atoms with E-state index in [0.717, 1.165) is 31.2 Å². The van der Waals surface area contributed by atoms with Gasteiger partial charge in [-0.2, -0.15) is 0 Å². The highest BCUT2D eigenvalue weighted by Crippen LogP contribution is 2.39. The maximum atomic E-state index is 14.0. The van der Waals surface area contributed by atoms with Crippen LogP contribution in [0.2, 0.25) is 0 Å². The number of thiophene rings is 1. The predicted octanol–water partition coefficient (Wildman–Crippen LogP) is 4.80. The van der Waals surface area contributed by atoms with Crippen molar-refractivity contribution in [3.8, 4) is 0 Å². The summed E-state index contributed by atoms with van der Waals surface area (Å²) in [4.78, 5) is 28.7. The number of para-hydroxylation sites is 1. The van der Waals surface area contributed by atoms with Crippen LogP contribution < -0.4 is 10.2 Å². The molecule has 2 heterocycles. The third-order valence-corrected chi connectivity index (χ3v) is 7.15. The molecule has 0 saturated carbocycles. The van der Waals surface area contributed by atoms with E-state index in [0.29, 0.717) is 48.8 Å². The largest absolute Gasteiger partial charge is 0.462 e. The second kappa shape index (κ2) is 9.16. The van der Waals surface area contributed by atoms with Crippen LogP contribution in [0.3, 0.4) is 0 Å². The van der Waals surface area contributed by atoms with Gasteiger partial charge >= 0.3 is 5.97 Å². The van der Waals surface area contributed by atoms with Crippen LogP contribution in [-0.4, -0.2) is 31.6 Å². The summed E-state index contributed by atoms with van der Waals surface area (Å²) in [5, 5.41) is 3.66. The number of aryl methyl sites for hydroxylation is 1. The van der Waals surface area contributed by atoms with Gasteiger partial charge in [-0.05, 0) is 63.1 Å². The molecule has 1 aromatic heterocycles. The highest BCUT2D eigenvalue weighted by Gasteiger charge is 2.30. The molecular formula is C23H27FN2O3S. The van der Waals surface area contributed by atoms with Gasteiger partial charge < -0.3 is 15.0 Å². The molecule has 1 aliphatic heterocycles. The molecule has 1 aromatic carbocycles. The number of carbonyl (C=O) groups is 2. The molecule has 1 amide bonds. The van der Waals surface area contributed by atoms with Gasteiger partial charge in [0.2, 0.25) is 5.91 Å². The molecule has 0 radical (unpaired) electrons. The third-order valence-electron chi connectivity index (χ3n) is 5.95. The van der Waals surface area contributed by atoms with Crippen molar-refractivity contribution in [3.05, 3.63) is 46.1 Å². The zero-order valence-electron chi connectivity index (χ0n) is 17.2. The van der Waals surface area contributed by atoms with Crippen LogP contribution in [0.4, 0.5) is 15.1 Å². The average molecular weight is 431 g/mol. The van der Waals surface area contributed by atoms with E-state index in [2.05, 4.69) is 5.32 Å². The van der Waals surface area contributed by atoms with Crippen molar-refractivity contribution < 1.29 is 18.7 Å². The monoisotopic (exact) mass is 430 g/mol. The number of fused-ring (bicyclic) bond motifs is 1. The first-order valence-electron chi connectivity index (χ1n) is 10.7. The van der Waals surface area contributed by atoms with Crippen molar-refractivity contribution in [1.29, 1.82) is 0 Å². The van der Waals surface area contributed by atoms with E-state index in [9.17, 15) is 14.0 Å². The molecule has 1 fully saturated rings. The lowest BCUT2D eigenvalue weighted by Crippen LogP contribution is -2.38. The quantitative estimate of drug-likeness (QED) is 0.693. The molecule has 30 heavy (non-hydrogen) atoms. The predicted molar refractivity (Wildman–Crippen MR) is 117 cm³/mol. The molecule has 0 bridgehead atoms. The number of piperidine rings is 1. The summed E-state index contributed by atoms with van der Waals surface area (Å²) in [6.45, 7) is 3.36. The number of rotatable bonds is 5. The maximum absolute atomic E-state index is 14.0. The first-order valence-corrected chi connectivity index (χ1v) is 11.5. The minimum atomic E-state index is -0.346. The van der Waals surface area contributed by atoms with Gasteiger partial charge in [0, 0.05) is 23.9 Å². The second-order valence-electron chi connectivity index (χ2n) is 7.84. The van der Waals surface area contributed by atoms with Crippen LogP contribution in [0.1, 0.15) is 53.4 Å². The Morgan fingerprint density at radius 1 is 1.20 bits per heavy atom. The van der Waals surface area contributed by atoms with E-state index in [1.165, 1.54) is 22.3 Å². The fourth-order valence-electron chi connectivity index (χ4n) is 4.38. The van der Waals surface area contributed by atoms with E-state index in [4.69, 9.17) is 4.74 Å². The van der Waals surface area contributed by atoms with Crippen LogP contribution >= 0.6 is 11.3 Å². The minimum absolute atomic E-state index is 0.0627. The van der Waals surface area contributed by atoms with Gasteiger partial charge in [-0.25, -0.2) is 9.18 Å². The topological polar surface area (TPSA) is 58.6 Å². The van der Waals surface area contributed by atoms with Crippen molar-refractivity contribution in [2.75, 3.05) is 29.9 Å². The number of amides is 1. The van der Waals surface area contributed by atoms with Gasteiger partial charge in [-0.15, -0.1) is 11.3 Å². The Bertz CT molecular complexity index is 935. The molecule has 0 atom stereocenters. The van der Waals surface area contributed by atoms with Crippen molar-refractivity contribution in [2.24, 2.45) is 5.92 Å².